The molecule has 0 amide bonds. The van der Waals surface area contributed by atoms with Gasteiger partial charge in [-0.3, -0.25) is 14.4 Å². The van der Waals surface area contributed by atoms with Crippen LogP contribution in [0.5, 0.6) is 0 Å². The molecule has 0 aromatic carbocycles. The van der Waals surface area contributed by atoms with Gasteiger partial charge < -0.3 is 63.8 Å². The Morgan fingerprint density at radius 1 is 0.556 bits per heavy atom. The molecule has 2 rings (SSSR count). The van der Waals surface area contributed by atoms with E-state index >= 15 is 0 Å². The summed E-state index contributed by atoms with van der Waals surface area (Å²) in [6.45, 7) is 8.22. The van der Waals surface area contributed by atoms with E-state index in [-0.39, 0.29) is 19.4 Å². The van der Waals surface area contributed by atoms with Gasteiger partial charge in [-0.2, -0.15) is 0 Å². The molecule has 2 fully saturated rings. The minimum atomic E-state index is -1.86. The van der Waals surface area contributed by atoms with Gasteiger partial charge in [0.15, 0.2) is 18.7 Å². The lowest BCUT2D eigenvalue weighted by molar-refractivity contribution is -0.361. The average Bonchev–Trinajstić information content (AvgIpc) is 3.26. The zero-order valence-electron chi connectivity index (χ0n) is 39.2. The molecule has 0 aromatic heterocycles. The van der Waals surface area contributed by atoms with Crippen molar-refractivity contribution in [2.75, 3.05) is 26.4 Å². The first kappa shape index (κ1) is 57.1. The van der Waals surface area contributed by atoms with Crippen molar-refractivity contribution in [3.05, 3.63) is 0 Å². The maximum Gasteiger partial charge on any atom is 0.306 e. The summed E-state index contributed by atoms with van der Waals surface area (Å²) < 4.78 is 38.9. The molecule has 0 aliphatic carbocycles. The van der Waals surface area contributed by atoms with E-state index in [1.165, 1.54) is 77.0 Å². The van der Waals surface area contributed by atoms with Crippen LogP contribution in [0.1, 0.15) is 176 Å². The van der Waals surface area contributed by atoms with Gasteiger partial charge in [-0.05, 0) is 24.7 Å². The van der Waals surface area contributed by atoms with Crippen molar-refractivity contribution in [2.24, 2.45) is 11.8 Å². The fourth-order valence-corrected chi connectivity index (χ4v) is 7.75. The Bertz CT molecular complexity index is 1210. The molecule has 0 aromatic rings. The molecule has 3 unspecified atom stereocenters. The molecule has 6 N–H and O–H groups in total. The van der Waals surface area contributed by atoms with Crippen LogP contribution in [0.2, 0.25) is 0 Å². The highest BCUT2D eigenvalue weighted by Gasteiger charge is 2.51. The third-order valence-corrected chi connectivity index (χ3v) is 12.5. The number of aliphatic hydroxyl groups excluding tert-OH is 6. The highest BCUT2D eigenvalue weighted by Crippen LogP contribution is 2.30. The molecule has 0 bridgehead atoms. The van der Waals surface area contributed by atoms with Gasteiger partial charge in [0.2, 0.25) is 0 Å². The van der Waals surface area contributed by atoms with Crippen LogP contribution in [0, 0.1) is 11.8 Å². The molecule has 2 aliphatic heterocycles. The largest absolute Gasteiger partial charge is 0.463 e. The summed E-state index contributed by atoms with van der Waals surface area (Å²) in [6.07, 6.45) is 4.92. The van der Waals surface area contributed by atoms with Crippen molar-refractivity contribution in [3.8, 4) is 0 Å². The van der Waals surface area contributed by atoms with Crippen molar-refractivity contribution in [1.82, 2.24) is 0 Å². The van der Waals surface area contributed by atoms with Crippen molar-refractivity contribution in [3.63, 3.8) is 0 Å². The molecule has 370 valence electrons. The summed E-state index contributed by atoms with van der Waals surface area (Å²) in [5.41, 5.74) is 0. The molecular formula is C47H86O16. The number of hydrogen-bond acceptors (Lipinski definition) is 16. The zero-order valence-corrected chi connectivity index (χ0v) is 39.2. The summed E-state index contributed by atoms with van der Waals surface area (Å²) in [4.78, 5) is 37.1. The predicted octanol–water partition coefficient (Wildman–Crippen LogP) is 5.55. The van der Waals surface area contributed by atoms with E-state index in [2.05, 4.69) is 27.7 Å². The highest BCUT2D eigenvalue weighted by molar-refractivity contribution is 5.70. The van der Waals surface area contributed by atoms with Crippen LogP contribution in [-0.4, -0.2) is 142 Å². The number of carbonyl (C=O) groups is 3. The molecule has 16 nitrogen and oxygen atoms in total. The summed E-state index contributed by atoms with van der Waals surface area (Å²) in [7, 11) is 0. The number of esters is 3. The van der Waals surface area contributed by atoms with E-state index in [4.69, 9.17) is 33.2 Å². The molecule has 0 radical (unpaired) electrons. The van der Waals surface area contributed by atoms with Crippen LogP contribution in [0.15, 0.2) is 0 Å². The van der Waals surface area contributed by atoms with Crippen LogP contribution in [-0.2, 0) is 47.5 Å². The highest BCUT2D eigenvalue weighted by atomic mass is 16.7. The smallest absolute Gasteiger partial charge is 0.306 e. The lowest BCUT2D eigenvalue weighted by Crippen LogP contribution is -2.65. The number of hydrogen-bond donors (Lipinski definition) is 6. The van der Waals surface area contributed by atoms with Gasteiger partial charge in [-0.1, -0.05) is 143 Å². The van der Waals surface area contributed by atoms with Crippen LogP contribution >= 0.6 is 0 Å². The Balaban J connectivity index is 1.95. The van der Waals surface area contributed by atoms with Gasteiger partial charge in [0.05, 0.1) is 13.2 Å². The van der Waals surface area contributed by atoms with Crippen molar-refractivity contribution in [1.29, 1.82) is 0 Å². The Hall–Kier alpha value is -1.99. The Morgan fingerprint density at radius 2 is 1.05 bits per heavy atom. The predicted molar refractivity (Wildman–Crippen MR) is 234 cm³/mol. The summed E-state index contributed by atoms with van der Waals surface area (Å²) in [6, 6.07) is 0. The van der Waals surface area contributed by atoms with E-state index in [0.717, 1.165) is 57.3 Å². The minimum absolute atomic E-state index is 0.150. The molecule has 63 heavy (non-hydrogen) atoms. The fraction of sp³-hybridized carbons (Fsp3) is 0.936. The summed E-state index contributed by atoms with van der Waals surface area (Å²) in [5.74, 6) is -0.0769. The maximum atomic E-state index is 13.0. The fourth-order valence-electron chi connectivity index (χ4n) is 7.75. The van der Waals surface area contributed by atoms with Crippen molar-refractivity contribution >= 4 is 17.9 Å². The number of ether oxygens (including phenoxy) is 7. The molecule has 0 spiro atoms. The Morgan fingerprint density at radius 3 is 1.56 bits per heavy atom. The molecular weight excluding hydrogens is 821 g/mol. The van der Waals surface area contributed by atoms with Crippen LogP contribution in [0.4, 0.5) is 0 Å². The van der Waals surface area contributed by atoms with Crippen molar-refractivity contribution in [2.45, 2.75) is 243 Å². The molecule has 2 aliphatic rings. The standard InChI is InChI=1S/C47H86O16/c1-6-32(3)24-20-16-12-8-10-14-18-22-26-38(50)58-29-35(60-39(51)27-23-19-15-11-9-13-17-21-25-33(4)7-2)30-59-46-44(56)45(41(53)36(28-48)61-46)63-47-43(55)42(54)40(52)37(62-47)31-57-34(5)49/h32-33,35-37,40-48,52-56H,6-31H2,1-5H3/t32?,33?,35?,36-,37-,40-,41-,42+,43-,44+,45+,46+,47-/m1/s1. The van der Waals surface area contributed by atoms with Crippen molar-refractivity contribution < 1.29 is 78.2 Å². The number of rotatable bonds is 35. The first-order valence-corrected chi connectivity index (χ1v) is 24.3. The summed E-state index contributed by atoms with van der Waals surface area (Å²) >= 11 is 0. The Kier molecular flexibility index (Phi) is 30.4. The van der Waals surface area contributed by atoms with E-state index < -0.39 is 105 Å². The second-order valence-electron chi connectivity index (χ2n) is 18.0. The molecule has 2 heterocycles. The number of unbranched alkanes of at least 4 members (excludes halogenated alkanes) is 14. The zero-order chi connectivity index (χ0) is 46.6. The van der Waals surface area contributed by atoms with E-state index in [0.29, 0.717) is 12.8 Å². The van der Waals surface area contributed by atoms with Gasteiger partial charge >= 0.3 is 17.9 Å². The number of aliphatic hydroxyl groups is 6. The normalized spacial score (nSPS) is 27.7. The molecule has 0 saturated carbocycles. The lowest BCUT2D eigenvalue weighted by atomic mass is 9.97. The third-order valence-electron chi connectivity index (χ3n) is 12.5. The average molecular weight is 907 g/mol. The van der Waals surface area contributed by atoms with Gasteiger partial charge in [0, 0.05) is 19.8 Å². The SMILES string of the molecule is CCC(C)CCCCCCCCCCC(=O)OCC(CO[C@H]1O[C@H](CO)[C@@H](O)[C@H](O[C@H]2O[C@H](COC(C)=O)[C@@H](O)[C@H](O)[C@H]2O)[C@@H]1O)OC(=O)CCCCCCCCCCC(C)CC. The van der Waals surface area contributed by atoms with E-state index in [1.54, 1.807) is 0 Å². The summed E-state index contributed by atoms with van der Waals surface area (Å²) in [5, 5.41) is 63.7. The minimum Gasteiger partial charge on any atom is -0.463 e. The lowest BCUT2D eigenvalue weighted by Gasteiger charge is -2.46. The van der Waals surface area contributed by atoms with Gasteiger partial charge in [0.25, 0.3) is 0 Å². The Labute approximate surface area is 377 Å². The van der Waals surface area contributed by atoms with Crippen LogP contribution < -0.4 is 0 Å². The third kappa shape index (κ3) is 23.3. The van der Waals surface area contributed by atoms with E-state index in [1.807, 2.05) is 0 Å². The van der Waals surface area contributed by atoms with Gasteiger partial charge in [0.1, 0.15) is 62.0 Å². The van der Waals surface area contributed by atoms with Crippen LogP contribution in [0.25, 0.3) is 0 Å². The maximum absolute atomic E-state index is 13.0. The monoisotopic (exact) mass is 907 g/mol. The number of carbonyl (C=O) groups excluding carboxylic acids is 3. The second-order valence-corrected chi connectivity index (χ2v) is 18.0. The second kappa shape index (κ2) is 33.5. The molecule has 13 atom stereocenters. The molecule has 2 saturated heterocycles. The first-order chi connectivity index (χ1) is 30.2. The first-order valence-electron chi connectivity index (χ1n) is 24.3. The topological polar surface area (TPSA) is 237 Å². The van der Waals surface area contributed by atoms with Gasteiger partial charge in [-0.25, -0.2) is 0 Å². The van der Waals surface area contributed by atoms with Crippen LogP contribution in [0.3, 0.4) is 0 Å². The molecule has 16 heteroatoms. The van der Waals surface area contributed by atoms with Gasteiger partial charge in [-0.15, -0.1) is 0 Å². The quantitative estimate of drug-likeness (QED) is 0.0260. The van der Waals surface area contributed by atoms with E-state index in [9.17, 15) is 45.0 Å².